The molecule has 0 saturated heterocycles. The highest BCUT2D eigenvalue weighted by Gasteiger charge is 2.22. The highest BCUT2D eigenvalue weighted by molar-refractivity contribution is 7.10. The molecule has 2 heterocycles. The van der Waals surface area contributed by atoms with Gasteiger partial charge in [-0.15, -0.1) is 11.3 Å². The molecule has 1 aromatic heterocycles. The minimum atomic E-state index is 0.338. The molecule has 0 fully saturated rings. The standard InChI is InChI=1S/C16H17NO2S/c1-3-11(16-14(5-1)18-10-19-16)9-17-13-4-2-6-15-12(13)7-8-20-15/h1,3,5,7-8,13,17H,2,4,6,9-10H2. The fraction of sp³-hybridized carbons (Fsp3) is 0.375. The number of hydrogen-bond acceptors (Lipinski definition) is 4. The number of para-hydroxylation sites is 1. The topological polar surface area (TPSA) is 30.5 Å². The fourth-order valence-electron chi connectivity index (χ4n) is 3.06. The first-order valence-corrected chi connectivity index (χ1v) is 7.97. The molecule has 2 aromatic rings. The van der Waals surface area contributed by atoms with Crippen LogP contribution in [-0.2, 0) is 13.0 Å². The Morgan fingerprint density at radius 3 is 3.25 bits per heavy atom. The first-order chi connectivity index (χ1) is 9.92. The van der Waals surface area contributed by atoms with E-state index in [1.54, 1.807) is 4.88 Å². The molecule has 4 heteroatoms. The third-order valence-electron chi connectivity index (χ3n) is 4.07. The number of thiophene rings is 1. The quantitative estimate of drug-likeness (QED) is 0.935. The Labute approximate surface area is 122 Å². The number of ether oxygens (including phenoxy) is 2. The Bertz CT molecular complexity index is 623. The summed E-state index contributed by atoms with van der Waals surface area (Å²) >= 11 is 1.89. The van der Waals surface area contributed by atoms with Gasteiger partial charge < -0.3 is 14.8 Å². The van der Waals surface area contributed by atoms with Crippen molar-refractivity contribution in [3.05, 3.63) is 45.6 Å². The predicted octanol–water partition coefficient (Wildman–Crippen LogP) is 3.64. The van der Waals surface area contributed by atoms with Crippen molar-refractivity contribution in [2.45, 2.75) is 31.8 Å². The molecule has 1 aromatic carbocycles. The highest BCUT2D eigenvalue weighted by atomic mass is 32.1. The van der Waals surface area contributed by atoms with Gasteiger partial charge in [0.15, 0.2) is 11.5 Å². The van der Waals surface area contributed by atoms with E-state index in [1.807, 2.05) is 23.5 Å². The van der Waals surface area contributed by atoms with Gasteiger partial charge >= 0.3 is 0 Å². The fourth-order valence-corrected chi connectivity index (χ4v) is 4.05. The molecule has 0 saturated carbocycles. The Morgan fingerprint density at radius 1 is 1.25 bits per heavy atom. The zero-order chi connectivity index (χ0) is 13.4. The number of aryl methyl sites for hydroxylation is 1. The second-order valence-electron chi connectivity index (χ2n) is 5.28. The van der Waals surface area contributed by atoms with E-state index < -0.39 is 0 Å². The highest BCUT2D eigenvalue weighted by Crippen LogP contribution is 2.37. The minimum absolute atomic E-state index is 0.338. The van der Waals surface area contributed by atoms with Gasteiger partial charge in [-0.2, -0.15) is 0 Å². The summed E-state index contributed by atoms with van der Waals surface area (Å²) in [5.41, 5.74) is 2.67. The summed E-state index contributed by atoms with van der Waals surface area (Å²) in [5.74, 6) is 1.77. The largest absolute Gasteiger partial charge is 0.454 e. The van der Waals surface area contributed by atoms with Crippen molar-refractivity contribution in [3.63, 3.8) is 0 Å². The Hall–Kier alpha value is -1.52. The lowest BCUT2D eigenvalue weighted by molar-refractivity contribution is 0.173. The summed E-state index contributed by atoms with van der Waals surface area (Å²) in [6.45, 7) is 1.16. The number of fused-ring (bicyclic) bond motifs is 2. The number of rotatable bonds is 3. The second kappa shape index (κ2) is 5.11. The van der Waals surface area contributed by atoms with Crippen LogP contribution < -0.4 is 14.8 Å². The molecule has 0 amide bonds. The van der Waals surface area contributed by atoms with Crippen LogP contribution in [0.3, 0.4) is 0 Å². The van der Waals surface area contributed by atoms with Crippen LogP contribution in [-0.4, -0.2) is 6.79 Å². The normalized spacial score (nSPS) is 19.9. The van der Waals surface area contributed by atoms with Crippen LogP contribution in [0.4, 0.5) is 0 Å². The van der Waals surface area contributed by atoms with Crippen LogP contribution in [0.1, 0.15) is 34.9 Å². The average Bonchev–Trinajstić information content (AvgIpc) is 3.13. The summed E-state index contributed by atoms with van der Waals surface area (Å²) < 4.78 is 11.0. The Kier molecular flexibility index (Phi) is 3.13. The summed E-state index contributed by atoms with van der Waals surface area (Å²) in [5, 5.41) is 5.89. The third kappa shape index (κ3) is 2.09. The molecule has 1 aliphatic carbocycles. The molecule has 0 radical (unpaired) electrons. The molecule has 1 unspecified atom stereocenters. The zero-order valence-corrected chi connectivity index (χ0v) is 12.0. The van der Waals surface area contributed by atoms with Gasteiger partial charge in [0.05, 0.1) is 0 Å². The van der Waals surface area contributed by atoms with E-state index in [0.29, 0.717) is 12.8 Å². The van der Waals surface area contributed by atoms with Crippen LogP contribution in [0.5, 0.6) is 11.5 Å². The van der Waals surface area contributed by atoms with Crippen LogP contribution in [0.25, 0.3) is 0 Å². The summed E-state index contributed by atoms with van der Waals surface area (Å²) in [7, 11) is 0. The van der Waals surface area contributed by atoms with Gasteiger partial charge in [-0.25, -0.2) is 0 Å². The monoisotopic (exact) mass is 287 g/mol. The molecule has 20 heavy (non-hydrogen) atoms. The summed E-state index contributed by atoms with van der Waals surface area (Å²) in [6, 6.07) is 8.84. The van der Waals surface area contributed by atoms with E-state index in [-0.39, 0.29) is 0 Å². The zero-order valence-electron chi connectivity index (χ0n) is 11.2. The summed E-state index contributed by atoms with van der Waals surface area (Å²) in [4.78, 5) is 1.55. The van der Waals surface area contributed by atoms with Crippen LogP contribution in [0, 0.1) is 0 Å². The van der Waals surface area contributed by atoms with Crippen molar-refractivity contribution < 1.29 is 9.47 Å². The molecule has 1 aliphatic heterocycles. The predicted molar refractivity (Wildman–Crippen MR) is 79.4 cm³/mol. The number of nitrogens with one attached hydrogen (secondary N) is 1. The van der Waals surface area contributed by atoms with Crippen molar-refractivity contribution in [3.8, 4) is 11.5 Å². The molecular formula is C16H17NO2S. The average molecular weight is 287 g/mol. The van der Waals surface area contributed by atoms with E-state index in [2.05, 4.69) is 22.8 Å². The van der Waals surface area contributed by atoms with E-state index in [1.165, 1.54) is 30.4 Å². The van der Waals surface area contributed by atoms with Gasteiger partial charge in [0.2, 0.25) is 6.79 Å². The lowest BCUT2D eigenvalue weighted by Crippen LogP contribution is -2.24. The maximum Gasteiger partial charge on any atom is 0.231 e. The maximum absolute atomic E-state index is 5.56. The van der Waals surface area contributed by atoms with E-state index in [0.717, 1.165) is 18.0 Å². The number of benzene rings is 1. The first kappa shape index (κ1) is 12.2. The van der Waals surface area contributed by atoms with E-state index in [9.17, 15) is 0 Å². The molecule has 3 nitrogen and oxygen atoms in total. The second-order valence-corrected chi connectivity index (χ2v) is 6.28. The lowest BCUT2D eigenvalue weighted by atomic mass is 9.94. The molecule has 0 bridgehead atoms. The van der Waals surface area contributed by atoms with Crippen molar-refractivity contribution in [1.82, 2.24) is 5.32 Å². The van der Waals surface area contributed by atoms with Crippen molar-refractivity contribution in [2.24, 2.45) is 0 Å². The molecular weight excluding hydrogens is 270 g/mol. The van der Waals surface area contributed by atoms with Gasteiger partial charge in [-0.05, 0) is 42.3 Å². The van der Waals surface area contributed by atoms with Crippen LogP contribution in [0.2, 0.25) is 0 Å². The van der Waals surface area contributed by atoms with Crippen molar-refractivity contribution in [2.75, 3.05) is 6.79 Å². The molecule has 1 N–H and O–H groups in total. The summed E-state index contributed by atoms with van der Waals surface area (Å²) in [6.07, 6.45) is 3.73. The minimum Gasteiger partial charge on any atom is -0.454 e. The first-order valence-electron chi connectivity index (χ1n) is 7.09. The Balaban J connectivity index is 1.51. The smallest absolute Gasteiger partial charge is 0.231 e. The van der Waals surface area contributed by atoms with Crippen molar-refractivity contribution in [1.29, 1.82) is 0 Å². The third-order valence-corrected chi connectivity index (χ3v) is 5.07. The van der Waals surface area contributed by atoms with Crippen LogP contribution in [0.15, 0.2) is 29.6 Å². The molecule has 0 spiro atoms. The molecule has 1 atom stereocenters. The van der Waals surface area contributed by atoms with E-state index >= 15 is 0 Å². The van der Waals surface area contributed by atoms with Gasteiger partial charge in [-0.3, -0.25) is 0 Å². The molecule has 4 rings (SSSR count). The number of hydrogen-bond donors (Lipinski definition) is 1. The SMILES string of the molecule is c1cc(CNC2CCCc3sccc32)c2c(c1)OCO2. The molecule has 104 valence electrons. The van der Waals surface area contributed by atoms with Crippen molar-refractivity contribution >= 4 is 11.3 Å². The lowest BCUT2D eigenvalue weighted by Gasteiger charge is -2.24. The van der Waals surface area contributed by atoms with Gasteiger partial charge in [0.25, 0.3) is 0 Å². The maximum atomic E-state index is 5.56. The Morgan fingerprint density at radius 2 is 2.25 bits per heavy atom. The van der Waals surface area contributed by atoms with Crippen LogP contribution >= 0.6 is 11.3 Å². The van der Waals surface area contributed by atoms with E-state index in [4.69, 9.17) is 9.47 Å². The van der Waals surface area contributed by atoms with Gasteiger partial charge in [-0.1, -0.05) is 12.1 Å². The van der Waals surface area contributed by atoms with Gasteiger partial charge in [0.1, 0.15) is 0 Å². The van der Waals surface area contributed by atoms with Gasteiger partial charge in [0, 0.05) is 23.0 Å². The molecule has 2 aliphatic rings.